The minimum Gasteiger partial charge on any atom is -0.545 e. The number of rotatable bonds is 15. The van der Waals surface area contributed by atoms with Crippen LogP contribution in [0.25, 0.3) is 0 Å². The van der Waals surface area contributed by atoms with Crippen LogP contribution in [-0.2, 0) is 23.9 Å². The molecule has 154 valence electrons. The molecule has 10 heteroatoms. The summed E-state index contributed by atoms with van der Waals surface area (Å²) in [4.78, 5) is 18.8. The van der Waals surface area contributed by atoms with Gasteiger partial charge in [-0.05, 0) is 25.5 Å². The summed E-state index contributed by atoms with van der Waals surface area (Å²) in [5, 5.41) is 18.8. The van der Waals surface area contributed by atoms with Gasteiger partial charge in [0.25, 0.3) is 10.1 Å². The van der Waals surface area contributed by atoms with E-state index < -0.39 is 22.1 Å². The maximum Gasteiger partial charge on any atom is 1.00 e. The van der Waals surface area contributed by atoms with Gasteiger partial charge in [0.05, 0.1) is 24.3 Å². The Morgan fingerprint density at radius 1 is 0.750 bits per heavy atom. The third-order valence-corrected chi connectivity index (χ3v) is 4.70. The molecule has 0 unspecified atom stereocenters. The first-order valence-electron chi connectivity index (χ1n) is 9.22. The average Bonchev–Trinajstić information content (AvgIpc) is 2.58. The van der Waals surface area contributed by atoms with Crippen LogP contribution in [0.3, 0.4) is 0 Å². The first-order valence-corrected chi connectivity index (χ1v) is 10.8. The Labute approximate surface area is 214 Å². The SMILES string of the molecule is CCCCCCCCCCCCOS(=O)(=O)CC.O=C([O-])/C=C\C(=O)[O-].[Na+].[Na+]. The fraction of sp³-hybridized carbons (Fsp3) is 0.778. The molecule has 0 rings (SSSR count). The Hall–Kier alpha value is 0.590. The van der Waals surface area contributed by atoms with Gasteiger partial charge < -0.3 is 19.8 Å². The smallest absolute Gasteiger partial charge is 0.545 e. The van der Waals surface area contributed by atoms with Crippen LogP contribution in [0.1, 0.15) is 78.1 Å². The molecule has 0 atom stereocenters. The van der Waals surface area contributed by atoms with Crippen molar-refractivity contribution in [2.75, 3.05) is 12.4 Å². The summed E-state index contributed by atoms with van der Waals surface area (Å²) < 4.78 is 26.9. The van der Waals surface area contributed by atoms with Gasteiger partial charge in [-0.1, -0.05) is 64.7 Å². The number of aliphatic carboxylic acids is 2. The predicted octanol–water partition coefficient (Wildman–Crippen LogP) is -4.68. The van der Waals surface area contributed by atoms with Gasteiger partial charge in [-0.15, -0.1) is 0 Å². The van der Waals surface area contributed by atoms with Gasteiger partial charge in [0.15, 0.2) is 0 Å². The molecule has 28 heavy (non-hydrogen) atoms. The fourth-order valence-corrected chi connectivity index (χ4v) is 2.53. The number of carboxylic acid groups (broad SMARTS) is 2. The molecule has 0 bridgehead atoms. The van der Waals surface area contributed by atoms with E-state index in [1.165, 1.54) is 51.4 Å². The largest absolute Gasteiger partial charge is 1.00 e. The Morgan fingerprint density at radius 3 is 1.43 bits per heavy atom. The van der Waals surface area contributed by atoms with E-state index in [0.717, 1.165) is 12.8 Å². The van der Waals surface area contributed by atoms with Crippen LogP contribution in [0, 0.1) is 0 Å². The Kier molecular flexibility index (Phi) is 32.9. The first-order chi connectivity index (χ1) is 12.2. The van der Waals surface area contributed by atoms with E-state index in [1.54, 1.807) is 6.92 Å². The van der Waals surface area contributed by atoms with Crippen LogP contribution in [0.15, 0.2) is 12.2 Å². The molecule has 0 amide bonds. The number of carboxylic acids is 2. The van der Waals surface area contributed by atoms with Crippen molar-refractivity contribution in [3.8, 4) is 0 Å². The predicted molar refractivity (Wildman–Crippen MR) is 96.4 cm³/mol. The van der Waals surface area contributed by atoms with Crippen LogP contribution < -0.4 is 69.3 Å². The summed E-state index contributed by atoms with van der Waals surface area (Å²) in [5.74, 6) is -3.02. The summed E-state index contributed by atoms with van der Waals surface area (Å²) in [5.41, 5.74) is 0. The van der Waals surface area contributed by atoms with Crippen molar-refractivity contribution in [2.45, 2.75) is 78.1 Å². The van der Waals surface area contributed by atoms with E-state index in [2.05, 4.69) is 6.92 Å². The number of carbonyl (C=O) groups is 2. The van der Waals surface area contributed by atoms with Gasteiger partial charge in [-0.25, -0.2) is 0 Å². The van der Waals surface area contributed by atoms with E-state index in [-0.39, 0.29) is 64.9 Å². The van der Waals surface area contributed by atoms with Crippen molar-refractivity contribution in [1.29, 1.82) is 0 Å². The van der Waals surface area contributed by atoms with Gasteiger partial charge in [-0.3, -0.25) is 4.18 Å². The van der Waals surface area contributed by atoms with E-state index >= 15 is 0 Å². The van der Waals surface area contributed by atoms with Gasteiger partial charge in [-0.2, -0.15) is 8.42 Å². The maximum atomic E-state index is 11.0. The monoisotopic (exact) mass is 438 g/mol. The zero-order chi connectivity index (χ0) is 20.3. The van der Waals surface area contributed by atoms with Crippen LogP contribution in [0.2, 0.25) is 0 Å². The summed E-state index contributed by atoms with van der Waals surface area (Å²) in [6, 6.07) is 0. The molecule has 0 heterocycles. The van der Waals surface area contributed by atoms with Crippen LogP contribution in [0.5, 0.6) is 0 Å². The molecular weight excluding hydrogens is 406 g/mol. The van der Waals surface area contributed by atoms with E-state index in [0.29, 0.717) is 18.8 Å². The van der Waals surface area contributed by atoms with Crippen molar-refractivity contribution in [3.63, 3.8) is 0 Å². The van der Waals surface area contributed by atoms with Crippen molar-refractivity contribution < 1.29 is 91.5 Å². The maximum absolute atomic E-state index is 11.0. The molecule has 0 radical (unpaired) electrons. The minimum absolute atomic E-state index is 0. The zero-order valence-corrected chi connectivity index (χ0v) is 22.7. The number of carbonyl (C=O) groups excluding carboxylic acids is 2. The molecule has 0 aromatic rings. The molecule has 0 saturated heterocycles. The van der Waals surface area contributed by atoms with Gasteiger partial charge in [0, 0.05) is 0 Å². The second kappa shape index (κ2) is 25.6. The third kappa shape index (κ3) is 34.1. The summed E-state index contributed by atoms with van der Waals surface area (Å²) in [6.07, 6.45) is 13.2. The molecule has 7 nitrogen and oxygen atoms in total. The second-order valence-electron chi connectivity index (χ2n) is 5.82. The van der Waals surface area contributed by atoms with Crippen LogP contribution in [-0.4, -0.2) is 32.7 Å². The molecule has 0 saturated carbocycles. The third-order valence-electron chi connectivity index (χ3n) is 3.47. The number of unbranched alkanes of at least 4 members (excludes halogenated alkanes) is 9. The Morgan fingerprint density at radius 2 is 1.11 bits per heavy atom. The van der Waals surface area contributed by atoms with Gasteiger partial charge >= 0.3 is 59.1 Å². The Balaban J connectivity index is -0.000000246. The fourth-order valence-electron chi connectivity index (χ4n) is 1.99. The van der Waals surface area contributed by atoms with Gasteiger partial charge in [0.2, 0.25) is 0 Å². The molecule has 0 aliphatic carbocycles. The molecule has 0 aromatic carbocycles. The quantitative estimate of drug-likeness (QED) is 0.109. The number of hydrogen-bond donors (Lipinski definition) is 0. The molecule has 0 N–H and O–H groups in total. The number of hydrogen-bond acceptors (Lipinski definition) is 7. The summed E-state index contributed by atoms with van der Waals surface area (Å²) >= 11 is 0. The minimum atomic E-state index is -3.23. The van der Waals surface area contributed by atoms with Crippen LogP contribution >= 0.6 is 0 Å². The molecular formula is C18H32Na2O7S. The second-order valence-corrected chi connectivity index (χ2v) is 7.75. The van der Waals surface area contributed by atoms with Crippen molar-refractivity contribution in [3.05, 3.63) is 12.2 Å². The van der Waals surface area contributed by atoms with Crippen molar-refractivity contribution >= 4 is 22.1 Å². The van der Waals surface area contributed by atoms with Gasteiger partial charge in [0.1, 0.15) is 0 Å². The molecule has 0 aliphatic heterocycles. The average molecular weight is 438 g/mol. The Bertz CT molecular complexity index is 478. The first kappa shape index (κ1) is 36.0. The summed E-state index contributed by atoms with van der Waals surface area (Å²) in [7, 11) is -3.23. The van der Waals surface area contributed by atoms with E-state index in [1.807, 2.05) is 0 Å². The normalized spacial score (nSPS) is 10.4. The summed E-state index contributed by atoms with van der Waals surface area (Å²) in [6.45, 7) is 4.20. The zero-order valence-electron chi connectivity index (χ0n) is 17.9. The van der Waals surface area contributed by atoms with E-state index in [4.69, 9.17) is 4.18 Å². The molecule has 0 aromatic heterocycles. The van der Waals surface area contributed by atoms with E-state index in [9.17, 15) is 28.2 Å². The van der Waals surface area contributed by atoms with Crippen LogP contribution in [0.4, 0.5) is 0 Å². The standard InChI is InChI=1S/C14H30O3S.C4H4O4.2Na/c1-3-5-6-7-8-9-10-11-12-13-14-17-18(15,16)4-2;5-3(6)1-2-4(7)8;;/h3-14H2,1-2H3;1-2H,(H,5,6)(H,7,8);;/q;;2*+1/p-2/b;2-1-;;. The molecule has 0 spiro atoms. The van der Waals surface area contributed by atoms with Crippen molar-refractivity contribution in [2.24, 2.45) is 0 Å². The van der Waals surface area contributed by atoms with Crippen molar-refractivity contribution in [1.82, 2.24) is 0 Å². The molecule has 0 aliphatic rings. The topological polar surface area (TPSA) is 124 Å². The molecule has 0 fully saturated rings.